The van der Waals surface area contributed by atoms with E-state index in [1.54, 1.807) is 12.1 Å². The van der Waals surface area contributed by atoms with Crippen LogP contribution in [0.1, 0.15) is 17.0 Å². The maximum atomic E-state index is 12.2. The van der Waals surface area contributed by atoms with Gasteiger partial charge in [0.25, 0.3) is 0 Å². The van der Waals surface area contributed by atoms with E-state index in [1.807, 2.05) is 55.8 Å². The number of carbonyl (C=O) groups excluding carboxylic acids is 1. The molecule has 0 atom stereocenters. The van der Waals surface area contributed by atoms with Crippen LogP contribution < -0.4 is 10.1 Å². The first-order valence-corrected chi connectivity index (χ1v) is 10.1. The molecule has 1 heterocycles. The number of hydrogen-bond donors (Lipinski definition) is 1. The normalized spacial score (nSPS) is 10.7. The smallest absolute Gasteiger partial charge is 0.234 e. The van der Waals surface area contributed by atoms with Crippen LogP contribution in [0.5, 0.6) is 5.75 Å². The van der Waals surface area contributed by atoms with E-state index in [0.717, 1.165) is 22.6 Å². The quantitative estimate of drug-likeness (QED) is 0.578. The van der Waals surface area contributed by atoms with Crippen molar-refractivity contribution in [1.29, 1.82) is 0 Å². The van der Waals surface area contributed by atoms with Crippen LogP contribution in [0.15, 0.2) is 47.6 Å². The molecule has 0 fully saturated rings. The van der Waals surface area contributed by atoms with E-state index < -0.39 is 0 Å². The van der Waals surface area contributed by atoms with Crippen LogP contribution in [0.25, 0.3) is 0 Å². The topological polar surface area (TPSA) is 69.0 Å². The number of thioether (sulfide) groups is 1. The number of aryl methyl sites for hydroxylation is 2. The number of carbonyl (C=O) groups is 1. The first-order valence-electron chi connectivity index (χ1n) is 8.69. The van der Waals surface area contributed by atoms with Gasteiger partial charge in [-0.3, -0.25) is 4.79 Å². The van der Waals surface area contributed by atoms with Gasteiger partial charge < -0.3 is 14.6 Å². The molecule has 1 N–H and O–H groups in total. The maximum absolute atomic E-state index is 12.2. The molecule has 0 aliphatic heterocycles. The van der Waals surface area contributed by atoms with Gasteiger partial charge in [0.05, 0.1) is 5.75 Å². The molecule has 146 valence electrons. The minimum atomic E-state index is -0.115. The molecule has 6 nitrogen and oxygen atoms in total. The number of benzene rings is 2. The number of rotatable bonds is 7. The summed E-state index contributed by atoms with van der Waals surface area (Å²) in [5.41, 5.74) is 2.80. The monoisotopic (exact) mass is 416 g/mol. The predicted octanol–water partition coefficient (Wildman–Crippen LogP) is 4.40. The van der Waals surface area contributed by atoms with E-state index >= 15 is 0 Å². The van der Waals surface area contributed by atoms with Gasteiger partial charge in [0.15, 0.2) is 11.0 Å². The highest BCUT2D eigenvalue weighted by Crippen LogP contribution is 2.21. The van der Waals surface area contributed by atoms with Gasteiger partial charge in [0.2, 0.25) is 5.91 Å². The maximum Gasteiger partial charge on any atom is 0.234 e. The third-order valence-electron chi connectivity index (χ3n) is 4.08. The van der Waals surface area contributed by atoms with Crippen molar-refractivity contribution in [2.45, 2.75) is 25.6 Å². The molecule has 0 bridgehead atoms. The summed E-state index contributed by atoms with van der Waals surface area (Å²) in [6.45, 7) is 4.22. The molecular formula is C20H21ClN4O2S. The zero-order valence-electron chi connectivity index (χ0n) is 15.9. The molecule has 0 saturated heterocycles. The molecule has 3 aromatic rings. The molecule has 0 aliphatic carbocycles. The molecule has 28 heavy (non-hydrogen) atoms. The summed E-state index contributed by atoms with van der Waals surface area (Å²) in [6, 6.07) is 13.2. The lowest BCUT2D eigenvalue weighted by Crippen LogP contribution is -2.15. The van der Waals surface area contributed by atoms with Crippen molar-refractivity contribution < 1.29 is 9.53 Å². The highest BCUT2D eigenvalue weighted by Gasteiger charge is 2.13. The molecule has 1 amide bonds. The van der Waals surface area contributed by atoms with Crippen molar-refractivity contribution in [1.82, 2.24) is 14.8 Å². The number of aromatic nitrogens is 3. The Labute approximate surface area is 173 Å². The predicted molar refractivity (Wildman–Crippen MR) is 112 cm³/mol. The van der Waals surface area contributed by atoms with Gasteiger partial charge in [0, 0.05) is 17.8 Å². The van der Waals surface area contributed by atoms with E-state index in [9.17, 15) is 4.79 Å². The molecule has 1 aromatic heterocycles. The lowest BCUT2D eigenvalue weighted by atomic mass is 10.2. The largest absolute Gasteiger partial charge is 0.486 e. The van der Waals surface area contributed by atoms with E-state index in [4.69, 9.17) is 16.3 Å². The Hall–Kier alpha value is -2.51. The third-order valence-corrected chi connectivity index (χ3v) is 5.33. The van der Waals surface area contributed by atoms with Gasteiger partial charge in [0.1, 0.15) is 12.4 Å². The molecular weight excluding hydrogens is 396 g/mol. The second-order valence-electron chi connectivity index (χ2n) is 6.36. The Morgan fingerprint density at radius 3 is 2.79 bits per heavy atom. The number of hydrogen-bond acceptors (Lipinski definition) is 5. The molecule has 2 aromatic carbocycles. The Bertz CT molecular complexity index is 990. The Morgan fingerprint density at radius 2 is 2.04 bits per heavy atom. The summed E-state index contributed by atoms with van der Waals surface area (Å²) >= 11 is 7.27. The van der Waals surface area contributed by atoms with Crippen LogP contribution in [0.2, 0.25) is 5.02 Å². The molecule has 0 aliphatic rings. The Morgan fingerprint density at radius 1 is 1.21 bits per heavy atom. The van der Waals surface area contributed by atoms with Gasteiger partial charge in [-0.2, -0.15) is 0 Å². The third kappa shape index (κ3) is 5.27. The highest BCUT2D eigenvalue weighted by atomic mass is 35.5. The van der Waals surface area contributed by atoms with Crippen LogP contribution in [-0.2, 0) is 18.4 Å². The standard InChI is InChI=1S/C20H21ClN4O2S/c1-13-5-4-6-16(9-13)27-11-18-23-24-20(25(18)3)28-12-19(26)22-17-8-7-15(21)10-14(17)2/h4-10H,11-12H2,1-3H3,(H,22,26). The molecule has 0 radical (unpaired) electrons. The highest BCUT2D eigenvalue weighted by molar-refractivity contribution is 7.99. The van der Waals surface area contributed by atoms with Crippen LogP contribution >= 0.6 is 23.4 Å². The first kappa shape index (κ1) is 20.2. The Kier molecular flexibility index (Phi) is 6.59. The van der Waals surface area contributed by atoms with E-state index in [1.165, 1.54) is 11.8 Å². The van der Waals surface area contributed by atoms with Gasteiger partial charge in [-0.25, -0.2) is 0 Å². The van der Waals surface area contributed by atoms with Crippen molar-refractivity contribution in [2.24, 2.45) is 7.05 Å². The first-order chi connectivity index (χ1) is 13.4. The summed E-state index contributed by atoms with van der Waals surface area (Å²) in [5.74, 6) is 1.59. The van der Waals surface area contributed by atoms with Crippen molar-refractivity contribution >= 4 is 35.0 Å². The van der Waals surface area contributed by atoms with Crippen LogP contribution in [-0.4, -0.2) is 26.4 Å². The minimum absolute atomic E-state index is 0.115. The van der Waals surface area contributed by atoms with Crippen LogP contribution in [0, 0.1) is 13.8 Å². The van der Waals surface area contributed by atoms with Gasteiger partial charge >= 0.3 is 0 Å². The lowest BCUT2D eigenvalue weighted by Gasteiger charge is -2.09. The number of ether oxygens (including phenoxy) is 1. The Balaban J connectivity index is 1.54. The second kappa shape index (κ2) is 9.12. The lowest BCUT2D eigenvalue weighted by molar-refractivity contribution is -0.113. The summed E-state index contributed by atoms with van der Waals surface area (Å²) in [4.78, 5) is 12.2. The average Bonchev–Trinajstić information content (AvgIpc) is 3.00. The summed E-state index contributed by atoms with van der Waals surface area (Å²) in [7, 11) is 1.86. The molecule has 0 spiro atoms. The zero-order valence-corrected chi connectivity index (χ0v) is 17.5. The fourth-order valence-electron chi connectivity index (χ4n) is 2.53. The SMILES string of the molecule is Cc1cccc(OCc2nnc(SCC(=O)Nc3ccc(Cl)cc3C)n2C)c1. The molecule has 0 saturated carbocycles. The second-order valence-corrected chi connectivity index (χ2v) is 7.74. The zero-order chi connectivity index (χ0) is 20.1. The van der Waals surface area contributed by atoms with Crippen molar-refractivity contribution in [2.75, 3.05) is 11.1 Å². The van der Waals surface area contributed by atoms with Crippen LogP contribution in [0.4, 0.5) is 5.69 Å². The van der Waals surface area contributed by atoms with E-state index in [0.29, 0.717) is 22.6 Å². The summed E-state index contributed by atoms with van der Waals surface area (Å²) < 4.78 is 7.61. The van der Waals surface area contributed by atoms with E-state index in [2.05, 4.69) is 15.5 Å². The van der Waals surface area contributed by atoms with Gasteiger partial charge in [-0.15, -0.1) is 10.2 Å². The molecule has 3 rings (SSSR count). The van der Waals surface area contributed by atoms with Crippen molar-refractivity contribution in [3.63, 3.8) is 0 Å². The van der Waals surface area contributed by atoms with Crippen LogP contribution in [0.3, 0.4) is 0 Å². The fourth-order valence-corrected chi connectivity index (χ4v) is 3.49. The minimum Gasteiger partial charge on any atom is -0.486 e. The van der Waals surface area contributed by atoms with E-state index in [-0.39, 0.29) is 11.7 Å². The number of amides is 1. The fraction of sp³-hybridized carbons (Fsp3) is 0.250. The average molecular weight is 417 g/mol. The van der Waals surface area contributed by atoms with Gasteiger partial charge in [-0.1, -0.05) is 35.5 Å². The molecule has 8 heteroatoms. The summed E-state index contributed by atoms with van der Waals surface area (Å²) in [5, 5.41) is 12.5. The number of halogens is 1. The summed E-state index contributed by atoms with van der Waals surface area (Å²) in [6.07, 6.45) is 0. The van der Waals surface area contributed by atoms with Crippen molar-refractivity contribution in [3.05, 3.63) is 64.4 Å². The number of nitrogens with zero attached hydrogens (tertiary/aromatic N) is 3. The molecule has 0 unspecified atom stereocenters. The van der Waals surface area contributed by atoms with Gasteiger partial charge in [-0.05, 0) is 55.3 Å². The number of nitrogens with one attached hydrogen (secondary N) is 1. The number of anilines is 1. The van der Waals surface area contributed by atoms with Crippen molar-refractivity contribution in [3.8, 4) is 5.75 Å².